The Morgan fingerprint density at radius 2 is 1.68 bits per heavy atom. The fourth-order valence-electron chi connectivity index (χ4n) is 4.51. The van der Waals surface area contributed by atoms with Crippen molar-refractivity contribution in [3.05, 3.63) is 94.2 Å². The number of ketones is 1. The van der Waals surface area contributed by atoms with Gasteiger partial charge in [0, 0.05) is 32.3 Å². The van der Waals surface area contributed by atoms with Crippen molar-refractivity contribution in [1.82, 2.24) is 9.47 Å². The third kappa shape index (κ3) is 4.64. The van der Waals surface area contributed by atoms with Gasteiger partial charge in [0.15, 0.2) is 0 Å². The molecule has 2 aromatic carbocycles. The molecule has 4 rings (SSSR count). The standard InChI is InChI=1S/C27H27FN2O4/c1-18(31)16-27(23-9-11-24(28)12-10-23)14-15-30(26(33)34-27)19(2)20-4-6-21(7-5-20)22-8-13-25(32)29(3)17-22/h4-13,17,19H,14-16H2,1-3H3/t19-,27-/m0/s1. The van der Waals surface area contributed by atoms with Crippen LogP contribution in [0.2, 0.25) is 0 Å². The van der Waals surface area contributed by atoms with Gasteiger partial charge in [-0.3, -0.25) is 9.59 Å². The third-order valence-electron chi connectivity index (χ3n) is 6.46. The minimum absolute atomic E-state index is 0.0425. The number of hydrogen-bond acceptors (Lipinski definition) is 4. The molecular weight excluding hydrogens is 435 g/mol. The number of ether oxygens (including phenoxy) is 1. The first-order valence-corrected chi connectivity index (χ1v) is 11.2. The van der Waals surface area contributed by atoms with E-state index in [0.717, 1.165) is 16.7 Å². The molecule has 0 bridgehead atoms. The van der Waals surface area contributed by atoms with Crippen LogP contribution in [0.5, 0.6) is 0 Å². The van der Waals surface area contributed by atoms with Crippen LogP contribution in [-0.2, 0) is 22.2 Å². The van der Waals surface area contributed by atoms with Crippen LogP contribution in [-0.4, -0.2) is 27.9 Å². The first kappa shape index (κ1) is 23.4. The molecule has 1 amide bonds. The van der Waals surface area contributed by atoms with Crippen LogP contribution in [0.4, 0.5) is 9.18 Å². The number of carbonyl (C=O) groups excluding carboxylic acids is 2. The normalized spacial score (nSPS) is 18.9. The first-order chi connectivity index (χ1) is 16.2. The van der Waals surface area contributed by atoms with Crippen LogP contribution in [0.15, 0.2) is 71.7 Å². The number of amides is 1. The molecule has 34 heavy (non-hydrogen) atoms. The first-order valence-electron chi connectivity index (χ1n) is 11.2. The van der Waals surface area contributed by atoms with Crippen LogP contribution in [0.25, 0.3) is 11.1 Å². The van der Waals surface area contributed by atoms with E-state index in [1.165, 1.54) is 29.7 Å². The van der Waals surface area contributed by atoms with E-state index in [1.54, 1.807) is 36.3 Å². The predicted octanol–water partition coefficient (Wildman–Crippen LogP) is 4.97. The molecule has 6 nitrogen and oxygen atoms in total. The van der Waals surface area contributed by atoms with Crippen molar-refractivity contribution < 1.29 is 18.7 Å². The minimum Gasteiger partial charge on any atom is -0.437 e. The summed E-state index contributed by atoms with van der Waals surface area (Å²) in [6, 6.07) is 16.7. The summed E-state index contributed by atoms with van der Waals surface area (Å²) >= 11 is 0. The molecule has 0 spiro atoms. The van der Waals surface area contributed by atoms with E-state index in [-0.39, 0.29) is 29.6 Å². The summed E-state index contributed by atoms with van der Waals surface area (Å²) in [7, 11) is 1.71. The van der Waals surface area contributed by atoms with Gasteiger partial charge < -0.3 is 14.2 Å². The third-order valence-corrected chi connectivity index (χ3v) is 6.46. The highest BCUT2D eigenvalue weighted by Crippen LogP contribution is 2.40. The number of benzene rings is 2. The van der Waals surface area contributed by atoms with Crippen molar-refractivity contribution in [2.75, 3.05) is 6.54 Å². The molecule has 0 saturated carbocycles. The lowest BCUT2D eigenvalue weighted by Gasteiger charge is -2.43. The molecule has 1 aromatic heterocycles. The van der Waals surface area contributed by atoms with E-state index < -0.39 is 11.7 Å². The molecular formula is C27H27FN2O4. The van der Waals surface area contributed by atoms with Gasteiger partial charge >= 0.3 is 6.09 Å². The molecule has 2 atom stereocenters. The average molecular weight is 463 g/mol. The van der Waals surface area contributed by atoms with Crippen molar-refractivity contribution in [3.63, 3.8) is 0 Å². The van der Waals surface area contributed by atoms with Gasteiger partial charge in [-0.05, 0) is 54.3 Å². The summed E-state index contributed by atoms with van der Waals surface area (Å²) in [5.74, 6) is -0.493. The summed E-state index contributed by atoms with van der Waals surface area (Å²) in [5.41, 5.74) is 2.27. The zero-order valence-corrected chi connectivity index (χ0v) is 19.5. The monoisotopic (exact) mass is 462 g/mol. The maximum Gasteiger partial charge on any atom is 0.411 e. The van der Waals surface area contributed by atoms with Crippen LogP contribution >= 0.6 is 0 Å². The lowest BCUT2D eigenvalue weighted by molar-refractivity contribution is -0.126. The number of pyridine rings is 1. The molecule has 0 unspecified atom stereocenters. The molecule has 176 valence electrons. The molecule has 1 aliphatic heterocycles. The average Bonchev–Trinajstić information content (AvgIpc) is 2.80. The van der Waals surface area contributed by atoms with Crippen molar-refractivity contribution in [2.45, 2.75) is 38.3 Å². The summed E-state index contributed by atoms with van der Waals surface area (Å²) in [6.07, 6.45) is 1.74. The predicted molar refractivity (Wildman–Crippen MR) is 127 cm³/mol. The zero-order chi connectivity index (χ0) is 24.5. The molecule has 0 N–H and O–H groups in total. The number of hydrogen-bond donors (Lipinski definition) is 0. The second-order valence-corrected chi connectivity index (χ2v) is 8.86. The molecule has 1 fully saturated rings. The fourth-order valence-corrected chi connectivity index (χ4v) is 4.51. The van der Waals surface area contributed by atoms with Gasteiger partial charge in [-0.1, -0.05) is 36.4 Å². The summed E-state index contributed by atoms with van der Waals surface area (Å²) in [6.45, 7) is 3.78. The summed E-state index contributed by atoms with van der Waals surface area (Å²) in [4.78, 5) is 38.4. The van der Waals surface area contributed by atoms with Gasteiger partial charge in [0.2, 0.25) is 5.56 Å². The van der Waals surface area contributed by atoms with E-state index >= 15 is 0 Å². The second kappa shape index (κ2) is 9.25. The number of cyclic esters (lactones) is 1. The molecule has 2 heterocycles. The zero-order valence-electron chi connectivity index (χ0n) is 19.5. The smallest absolute Gasteiger partial charge is 0.411 e. The van der Waals surface area contributed by atoms with Crippen molar-refractivity contribution in [2.24, 2.45) is 7.05 Å². The topological polar surface area (TPSA) is 68.6 Å². The maximum absolute atomic E-state index is 13.4. The summed E-state index contributed by atoms with van der Waals surface area (Å²) < 4.78 is 20.9. The van der Waals surface area contributed by atoms with Crippen LogP contribution in [0.3, 0.4) is 0 Å². The minimum atomic E-state index is -1.10. The number of carbonyl (C=O) groups is 2. The van der Waals surface area contributed by atoms with Gasteiger partial charge in [0.1, 0.15) is 17.2 Å². The Hall–Kier alpha value is -3.74. The highest BCUT2D eigenvalue weighted by atomic mass is 19.1. The Kier molecular flexibility index (Phi) is 6.37. The lowest BCUT2D eigenvalue weighted by atomic mass is 9.84. The van der Waals surface area contributed by atoms with E-state index in [0.29, 0.717) is 18.5 Å². The number of aromatic nitrogens is 1. The molecule has 0 radical (unpaired) electrons. The molecule has 3 aromatic rings. The van der Waals surface area contributed by atoms with Gasteiger partial charge in [0.25, 0.3) is 0 Å². The number of nitrogens with zero attached hydrogens (tertiary/aromatic N) is 2. The number of rotatable bonds is 6. The van der Waals surface area contributed by atoms with Crippen molar-refractivity contribution >= 4 is 11.9 Å². The van der Waals surface area contributed by atoms with Gasteiger partial charge in [-0.2, -0.15) is 0 Å². The number of halogens is 1. The molecule has 7 heteroatoms. The number of Topliss-reactive ketones (excluding diaryl/α,β-unsaturated/α-hetero) is 1. The van der Waals surface area contributed by atoms with Crippen LogP contribution in [0, 0.1) is 5.82 Å². The van der Waals surface area contributed by atoms with Crippen molar-refractivity contribution in [1.29, 1.82) is 0 Å². The highest BCUT2D eigenvalue weighted by Gasteiger charge is 2.44. The van der Waals surface area contributed by atoms with E-state index in [1.807, 2.05) is 31.2 Å². The molecule has 1 aliphatic rings. The van der Waals surface area contributed by atoms with Gasteiger partial charge in [-0.25, -0.2) is 9.18 Å². The van der Waals surface area contributed by atoms with Crippen LogP contribution < -0.4 is 5.56 Å². The quantitative estimate of drug-likeness (QED) is 0.519. The molecule has 1 saturated heterocycles. The Morgan fingerprint density at radius 1 is 1.03 bits per heavy atom. The highest BCUT2D eigenvalue weighted by molar-refractivity contribution is 5.78. The Labute approximate surface area is 197 Å². The largest absolute Gasteiger partial charge is 0.437 e. The second-order valence-electron chi connectivity index (χ2n) is 8.86. The SMILES string of the molecule is CC(=O)C[C@]1(c2ccc(F)cc2)CCN([C@@H](C)c2ccc(-c3ccc(=O)n(C)c3)cc2)C(=O)O1. The maximum atomic E-state index is 13.4. The van der Waals surface area contributed by atoms with Gasteiger partial charge in [0.05, 0.1) is 12.5 Å². The fraction of sp³-hybridized carbons (Fsp3) is 0.296. The van der Waals surface area contributed by atoms with Crippen molar-refractivity contribution in [3.8, 4) is 11.1 Å². The van der Waals surface area contributed by atoms with E-state index in [9.17, 15) is 18.8 Å². The van der Waals surface area contributed by atoms with E-state index in [2.05, 4.69) is 0 Å². The Bertz CT molecular complexity index is 1270. The Morgan fingerprint density at radius 3 is 2.26 bits per heavy atom. The van der Waals surface area contributed by atoms with Gasteiger partial charge in [-0.15, -0.1) is 0 Å². The van der Waals surface area contributed by atoms with Crippen LogP contribution in [0.1, 0.15) is 43.9 Å². The molecule has 0 aliphatic carbocycles. The summed E-state index contributed by atoms with van der Waals surface area (Å²) in [5, 5.41) is 0. The van der Waals surface area contributed by atoms with E-state index in [4.69, 9.17) is 4.74 Å². The number of aryl methyl sites for hydroxylation is 1. The lowest BCUT2D eigenvalue weighted by Crippen LogP contribution is -2.49. The Balaban J connectivity index is 1.53.